The molecule has 1 aliphatic rings. The Hall–Kier alpha value is -1.88. The Morgan fingerprint density at radius 2 is 2.10 bits per heavy atom. The molecular formula is C16H18N2O2S. The first kappa shape index (κ1) is 14.1. The lowest BCUT2D eigenvalue weighted by Gasteiger charge is -2.21. The number of carbonyl (C=O) groups excluding carboxylic acids is 1. The Morgan fingerprint density at radius 1 is 1.29 bits per heavy atom. The summed E-state index contributed by atoms with van der Waals surface area (Å²) < 4.78 is 9.27. The molecule has 0 aliphatic carbocycles. The number of hydrogen-bond acceptors (Lipinski definition) is 4. The number of aromatic nitrogens is 1. The van der Waals surface area contributed by atoms with Crippen LogP contribution in [0.5, 0.6) is 0 Å². The van der Waals surface area contributed by atoms with Crippen molar-refractivity contribution in [3.63, 3.8) is 0 Å². The van der Waals surface area contributed by atoms with E-state index >= 15 is 0 Å². The highest BCUT2D eigenvalue weighted by atomic mass is 32.2. The molecule has 2 heterocycles. The van der Waals surface area contributed by atoms with Crippen molar-refractivity contribution in [3.8, 4) is 0 Å². The van der Waals surface area contributed by atoms with Crippen LogP contribution < -0.4 is 4.31 Å². The number of methoxy groups -OCH3 is 1. The fraction of sp³-hybridized carbons (Fsp3) is 0.312. The van der Waals surface area contributed by atoms with Crippen LogP contribution >= 0.6 is 11.9 Å². The number of anilines is 1. The van der Waals surface area contributed by atoms with Crippen LogP contribution in [-0.2, 0) is 11.3 Å². The van der Waals surface area contributed by atoms with Gasteiger partial charge in [-0.2, -0.15) is 0 Å². The molecule has 0 N–H and O–H groups in total. The van der Waals surface area contributed by atoms with Gasteiger partial charge in [0.2, 0.25) is 0 Å². The fourth-order valence-corrected chi connectivity index (χ4v) is 3.50. The van der Waals surface area contributed by atoms with Crippen molar-refractivity contribution in [3.05, 3.63) is 34.9 Å². The molecule has 0 spiro atoms. The van der Waals surface area contributed by atoms with Gasteiger partial charge in [0.05, 0.1) is 23.9 Å². The largest absolute Gasteiger partial charge is 0.465 e. The second kappa shape index (κ2) is 5.48. The van der Waals surface area contributed by atoms with Crippen LogP contribution in [0.25, 0.3) is 17.0 Å². The molecule has 0 bridgehead atoms. The summed E-state index contributed by atoms with van der Waals surface area (Å²) in [6.45, 7) is 5.95. The second-order valence-electron chi connectivity index (χ2n) is 4.85. The van der Waals surface area contributed by atoms with E-state index in [2.05, 4.69) is 40.4 Å². The zero-order chi connectivity index (χ0) is 15.0. The number of hydrogen-bond donors (Lipinski definition) is 0. The molecule has 1 aromatic heterocycles. The lowest BCUT2D eigenvalue weighted by molar-refractivity contribution is 0.0601. The fourth-order valence-electron chi connectivity index (χ4n) is 2.74. The Balaban J connectivity index is 2.35. The quantitative estimate of drug-likeness (QED) is 0.636. The molecule has 1 aliphatic heterocycles. The van der Waals surface area contributed by atoms with Crippen LogP contribution in [0.1, 0.15) is 29.8 Å². The van der Waals surface area contributed by atoms with Gasteiger partial charge in [0.25, 0.3) is 0 Å². The van der Waals surface area contributed by atoms with Crippen LogP contribution in [-0.4, -0.2) is 24.2 Å². The third-order valence-corrected chi connectivity index (χ3v) is 4.71. The SMILES string of the molecule is CCN1SC=Cc2cn(CC)c3cc(C(=O)OC)cc1c23. The lowest BCUT2D eigenvalue weighted by atomic mass is 10.1. The maximum atomic E-state index is 12.0. The summed E-state index contributed by atoms with van der Waals surface area (Å²) in [5.74, 6) is -0.295. The summed E-state index contributed by atoms with van der Waals surface area (Å²) in [5.41, 5.74) is 3.95. The molecular weight excluding hydrogens is 284 g/mol. The predicted molar refractivity (Wildman–Crippen MR) is 88.6 cm³/mol. The number of aryl methyl sites for hydroxylation is 1. The number of nitrogens with zero attached hydrogens (tertiary/aromatic N) is 2. The molecule has 3 rings (SSSR count). The molecule has 4 nitrogen and oxygen atoms in total. The standard InChI is InChI=1S/C16H18N2O2S/c1-4-17-10-11-6-7-21-18(5-2)14-9-12(16(19)20-3)8-13(17)15(11)14/h6-10H,4-5H2,1-3H3. The molecule has 0 saturated heterocycles. The summed E-state index contributed by atoms with van der Waals surface area (Å²) in [4.78, 5) is 12.0. The predicted octanol–water partition coefficient (Wildman–Crippen LogP) is 3.91. The number of esters is 1. The van der Waals surface area contributed by atoms with Gasteiger partial charge in [0.1, 0.15) is 0 Å². The first-order valence-electron chi connectivity index (χ1n) is 7.05. The smallest absolute Gasteiger partial charge is 0.337 e. The molecule has 110 valence electrons. The van der Waals surface area contributed by atoms with Crippen molar-refractivity contribution in [2.75, 3.05) is 18.0 Å². The first-order chi connectivity index (χ1) is 10.2. The summed E-state index contributed by atoms with van der Waals surface area (Å²) in [7, 11) is 1.42. The van der Waals surface area contributed by atoms with Crippen molar-refractivity contribution in [1.82, 2.24) is 4.57 Å². The van der Waals surface area contributed by atoms with Crippen LogP contribution in [0.2, 0.25) is 0 Å². The summed E-state index contributed by atoms with van der Waals surface area (Å²) in [5, 5.41) is 3.29. The molecule has 0 amide bonds. The molecule has 1 aromatic carbocycles. The Morgan fingerprint density at radius 3 is 2.76 bits per heavy atom. The van der Waals surface area contributed by atoms with Gasteiger partial charge in [-0.1, -0.05) is 0 Å². The zero-order valence-electron chi connectivity index (χ0n) is 12.4. The van der Waals surface area contributed by atoms with Gasteiger partial charge in [0, 0.05) is 30.2 Å². The number of carbonyl (C=O) groups is 1. The lowest BCUT2D eigenvalue weighted by Crippen LogP contribution is -2.13. The van der Waals surface area contributed by atoms with Gasteiger partial charge in [0.15, 0.2) is 0 Å². The monoisotopic (exact) mass is 302 g/mol. The van der Waals surface area contributed by atoms with Crippen molar-refractivity contribution in [2.24, 2.45) is 0 Å². The second-order valence-corrected chi connectivity index (χ2v) is 5.78. The summed E-state index contributed by atoms with van der Waals surface area (Å²) >= 11 is 1.65. The third-order valence-electron chi connectivity index (χ3n) is 3.74. The van der Waals surface area contributed by atoms with E-state index in [9.17, 15) is 4.79 Å². The van der Waals surface area contributed by atoms with Crippen LogP contribution in [0.15, 0.2) is 23.7 Å². The third kappa shape index (κ3) is 2.21. The van der Waals surface area contributed by atoms with Crippen LogP contribution in [0.3, 0.4) is 0 Å². The molecule has 0 saturated carbocycles. The minimum atomic E-state index is -0.295. The van der Waals surface area contributed by atoms with E-state index in [0.29, 0.717) is 5.56 Å². The Bertz CT molecular complexity index is 733. The minimum Gasteiger partial charge on any atom is -0.465 e. The van der Waals surface area contributed by atoms with Crippen LogP contribution in [0.4, 0.5) is 5.69 Å². The van der Waals surface area contributed by atoms with Gasteiger partial charge >= 0.3 is 5.97 Å². The average molecular weight is 302 g/mol. The Labute approximate surface area is 128 Å². The zero-order valence-corrected chi connectivity index (χ0v) is 13.2. The molecule has 0 atom stereocenters. The number of ether oxygens (including phenoxy) is 1. The highest BCUT2D eigenvalue weighted by Gasteiger charge is 2.20. The van der Waals surface area contributed by atoms with Crippen molar-refractivity contribution in [1.29, 1.82) is 0 Å². The van der Waals surface area contributed by atoms with Gasteiger partial charge in [-0.05, 0) is 49.4 Å². The highest BCUT2D eigenvalue weighted by molar-refractivity contribution is 8.03. The van der Waals surface area contributed by atoms with E-state index < -0.39 is 0 Å². The van der Waals surface area contributed by atoms with E-state index in [0.717, 1.165) is 24.3 Å². The number of rotatable bonds is 3. The summed E-state index contributed by atoms with van der Waals surface area (Å²) in [6, 6.07) is 3.86. The molecule has 0 radical (unpaired) electrons. The maximum Gasteiger partial charge on any atom is 0.337 e. The van der Waals surface area contributed by atoms with E-state index in [1.807, 2.05) is 12.1 Å². The highest BCUT2D eigenvalue weighted by Crippen LogP contribution is 2.39. The van der Waals surface area contributed by atoms with Crippen molar-refractivity contribution < 1.29 is 9.53 Å². The van der Waals surface area contributed by atoms with Crippen molar-refractivity contribution >= 4 is 40.6 Å². The molecule has 0 fully saturated rings. The Kier molecular flexibility index (Phi) is 3.68. The topological polar surface area (TPSA) is 34.5 Å². The minimum absolute atomic E-state index is 0.295. The number of benzene rings is 1. The summed E-state index contributed by atoms with van der Waals surface area (Å²) in [6.07, 6.45) is 4.28. The first-order valence-corrected chi connectivity index (χ1v) is 7.89. The van der Waals surface area contributed by atoms with Gasteiger partial charge in [-0.25, -0.2) is 4.79 Å². The van der Waals surface area contributed by atoms with Gasteiger partial charge in [-0.3, -0.25) is 0 Å². The molecule has 21 heavy (non-hydrogen) atoms. The van der Waals surface area contributed by atoms with Gasteiger partial charge in [-0.15, -0.1) is 0 Å². The normalized spacial score (nSPS) is 13.6. The van der Waals surface area contributed by atoms with Crippen LogP contribution in [0, 0.1) is 0 Å². The maximum absolute atomic E-state index is 12.0. The van der Waals surface area contributed by atoms with Gasteiger partial charge < -0.3 is 13.6 Å². The molecule has 0 unspecified atom stereocenters. The van der Waals surface area contributed by atoms with E-state index in [-0.39, 0.29) is 5.97 Å². The van der Waals surface area contributed by atoms with E-state index in [1.165, 1.54) is 18.1 Å². The average Bonchev–Trinajstić information content (AvgIpc) is 2.77. The molecule has 5 heteroatoms. The van der Waals surface area contributed by atoms with E-state index in [4.69, 9.17) is 4.74 Å². The van der Waals surface area contributed by atoms with E-state index in [1.54, 1.807) is 11.9 Å². The molecule has 2 aromatic rings. The van der Waals surface area contributed by atoms with Crippen molar-refractivity contribution in [2.45, 2.75) is 20.4 Å².